The number of sulfone groups is 1. The van der Waals surface area contributed by atoms with E-state index in [-0.39, 0.29) is 41.5 Å². The van der Waals surface area contributed by atoms with Crippen LogP contribution in [0.3, 0.4) is 0 Å². The number of nitrogens with zero attached hydrogens (tertiary/aromatic N) is 2. The van der Waals surface area contributed by atoms with Gasteiger partial charge in [0, 0.05) is 20.1 Å². The Hall–Kier alpha value is -1.59. The number of nitrogens with one attached hydrogen (secondary N) is 2. The fraction of sp³-hybridized carbons (Fsp3) is 0.500. The number of hydrogen-bond donors (Lipinski definition) is 2. The molecule has 1 aromatic carbocycles. The molecule has 0 aliphatic carbocycles. The lowest BCUT2D eigenvalue weighted by Gasteiger charge is -2.26. The maximum Gasteiger partial charge on any atom is 0.191 e. The van der Waals surface area contributed by atoms with Crippen LogP contribution in [0.4, 0.5) is 0 Å². The molecule has 1 atom stereocenters. The van der Waals surface area contributed by atoms with E-state index in [2.05, 4.69) is 20.5 Å². The van der Waals surface area contributed by atoms with Gasteiger partial charge in [-0.05, 0) is 50.0 Å². The van der Waals surface area contributed by atoms with Gasteiger partial charge in [-0.15, -0.1) is 24.0 Å². The lowest BCUT2D eigenvalue weighted by molar-refractivity contribution is 0.215. The van der Waals surface area contributed by atoms with Gasteiger partial charge >= 0.3 is 0 Å². The van der Waals surface area contributed by atoms with Crippen LogP contribution < -0.4 is 10.6 Å². The molecule has 2 aromatic rings. The van der Waals surface area contributed by atoms with Crippen molar-refractivity contribution in [3.63, 3.8) is 0 Å². The zero-order valence-electron chi connectivity index (χ0n) is 18.0. The highest BCUT2D eigenvalue weighted by Crippen LogP contribution is 2.24. The molecule has 9 heteroatoms. The first-order chi connectivity index (χ1) is 14.6. The fourth-order valence-corrected chi connectivity index (χ4v) is 5.19. The van der Waals surface area contributed by atoms with E-state index in [1.807, 2.05) is 42.5 Å². The van der Waals surface area contributed by atoms with E-state index in [9.17, 15) is 8.42 Å². The van der Waals surface area contributed by atoms with Crippen LogP contribution in [0, 0.1) is 0 Å². The number of hydrogen-bond acceptors (Lipinski definition) is 5. The summed E-state index contributed by atoms with van der Waals surface area (Å²) >= 11 is 0. The quantitative estimate of drug-likeness (QED) is 0.201. The lowest BCUT2D eigenvalue weighted by atomic mass is 10.2. The van der Waals surface area contributed by atoms with Gasteiger partial charge in [0.25, 0.3) is 0 Å². The maximum absolute atomic E-state index is 12.3. The van der Waals surface area contributed by atoms with Crippen molar-refractivity contribution in [2.75, 3.05) is 39.0 Å². The van der Waals surface area contributed by atoms with Crippen LogP contribution in [0.1, 0.15) is 36.6 Å². The third-order valence-electron chi connectivity index (χ3n) is 5.29. The van der Waals surface area contributed by atoms with Crippen LogP contribution in [0.25, 0.3) is 0 Å². The number of halogens is 1. The second-order valence-electron chi connectivity index (χ2n) is 7.59. The molecule has 2 heterocycles. The molecule has 0 bridgehead atoms. The topological polar surface area (TPSA) is 86.9 Å². The lowest BCUT2D eigenvalue weighted by Crippen LogP contribution is -2.43. The van der Waals surface area contributed by atoms with Gasteiger partial charge in [0.15, 0.2) is 15.8 Å². The molecule has 0 radical (unpaired) electrons. The molecule has 3 rings (SSSR count). The van der Waals surface area contributed by atoms with Gasteiger partial charge in [0.1, 0.15) is 5.76 Å². The van der Waals surface area contributed by atoms with E-state index in [0.29, 0.717) is 25.5 Å². The Morgan fingerprint density at radius 1 is 1.13 bits per heavy atom. The predicted molar refractivity (Wildman–Crippen MR) is 136 cm³/mol. The van der Waals surface area contributed by atoms with Gasteiger partial charge in [-0.3, -0.25) is 9.89 Å². The van der Waals surface area contributed by atoms with Crippen LogP contribution >= 0.6 is 24.0 Å². The zero-order chi connectivity index (χ0) is 21.2. The summed E-state index contributed by atoms with van der Waals surface area (Å²) in [6, 6.07) is 13.4. The minimum Gasteiger partial charge on any atom is -0.468 e. The number of aliphatic imine (C=N–C) groups is 1. The monoisotopic (exact) mass is 560 g/mol. The normalized spacial score (nSPS) is 16.0. The Balaban J connectivity index is 0.00000341. The Kier molecular flexibility index (Phi) is 10.8. The Bertz CT molecular complexity index is 883. The average Bonchev–Trinajstić information content (AvgIpc) is 3.45. The van der Waals surface area contributed by atoms with Crippen molar-refractivity contribution in [1.82, 2.24) is 15.5 Å². The molecule has 31 heavy (non-hydrogen) atoms. The van der Waals surface area contributed by atoms with Gasteiger partial charge < -0.3 is 15.1 Å². The summed E-state index contributed by atoms with van der Waals surface area (Å²) in [5.41, 5.74) is 0.828. The molecule has 172 valence electrons. The summed E-state index contributed by atoms with van der Waals surface area (Å²) in [4.78, 5) is 6.69. The summed E-state index contributed by atoms with van der Waals surface area (Å²) in [5, 5.41) is 6.58. The Morgan fingerprint density at radius 3 is 2.52 bits per heavy atom. The smallest absolute Gasteiger partial charge is 0.191 e. The van der Waals surface area contributed by atoms with Crippen LogP contribution in [0.15, 0.2) is 58.1 Å². The largest absolute Gasteiger partial charge is 0.468 e. The molecule has 1 aliphatic rings. The van der Waals surface area contributed by atoms with Crippen molar-refractivity contribution in [1.29, 1.82) is 0 Å². The summed E-state index contributed by atoms with van der Waals surface area (Å²) in [6.45, 7) is 3.36. The molecule has 7 nitrogen and oxygen atoms in total. The van der Waals surface area contributed by atoms with Gasteiger partial charge in [-0.2, -0.15) is 0 Å². The Labute approximate surface area is 202 Å². The first-order valence-electron chi connectivity index (χ1n) is 10.5. The van der Waals surface area contributed by atoms with Crippen molar-refractivity contribution in [3.05, 3.63) is 60.1 Å². The molecular formula is C22H33IN4O3S. The standard InChI is InChI=1S/C22H32N4O3S.HI/c1-23-22(24-12-8-16-30(27,28)18-19-9-3-2-4-10-19)25-17-20(21-11-7-15-29-21)26-13-5-6-14-26;/h2-4,7,9-11,15,20H,5-6,8,12-14,16-18H2,1H3,(H2,23,24,25);1H. The number of guanidine groups is 1. The third kappa shape index (κ3) is 8.46. The minimum atomic E-state index is -3.13. The van der Waals surface area contributed by atoms with Crippen LogP contribution in [-0.4, -0.2) is 58.3 Å². The summed E-state index contributed by atoms with van der Waals surface area (Å²) in [7, 11) is -1.40. The maximum atomic E-state index is 12.3. The number of likely N-dealkylation sites (tertiary alicyclic amines) is 1. The first kappa shape index (κ1) is 25.7. The zero-order valence-corrected chi connectivity index (χ0v) is 21.1. The van der Waals surface area contributed by atoms with Crippen LogP contribution in [0.2, 0.25) is 0 Å². The third-order valence-corrected chi connectivity index (χ3v) is 6.98. The highest BCUT2D eigenvalue weighted by molar-refractivity contribution is 14.0. The highest BCUT2D eigenvalue weighted by atomic mass is 127. The summed E-state index contributed by atoms with van der Waals surface area (Å²) < 4.78 is 30.3. The van der Waals surface area contributed by atoms with Crippen molar-refractivity contribution in [2.24, 2.45) is 4.99 Å². The van der Waals surface area contributed by atoms with Crippen LogP contribution in [-0.2, 0) is 15.6 Å². The Morgan fingerprint density at radius 2 is 1.87 bits per heavy atom. The SMILES string of the molecule is CN=C(NCCCS(=O)(=O)Cc1ccccc1)NCC(c1ccco1)N1CCCC1.I. The molecule has 0 saturated carbocycles. The fourth-order valence-electron chi connectivity index (χ4n) is 3.76. The molecule has 0 spiro atoms. The summed E-state index contributed by atoms with van der Waals surface area (Å²) in [6.07, 6.45) is 4.66. The number of benzene rings is 1. The van der Waals surface area contributed by atoms with Gasteiger partial charge in [-0.1, -0.05) is 30.3 Å². The molecule has 0 amide bonds. The number of furan rings is 1. The van der Waals surface area contributed by atoms with Crippen molar-refractivity contribution >= 4 is 39.8 Å². The van der Waals surface area contributed by atoms with Gasteiger partial charge in [-0.25, -0.2) is 8.42 Å². The second-order valence-corrected chi connectivity index (χ2v) is 9.77. The van der Waals surface area contributed by atoms with Gasteiger partial charge in [0.2, 0.25) is 0 Å². The number of rotatable bonds is 10. The minimum absolute atomic E-state index is 0. The molecule has 1 unspecified atom stereocenters. The molecular weight excluding hydrogens is 527 g/mol. The first-order valence-corrected chi connectivity index (χ1v) is 12.4. The van der Waals surface area contributed by atoms with E-state index in [4.69, 9.17) is 4.42 Å². The molecule has 2 N–H and O–H groups in total. The van der Waals surface area contributed by atoms with Crippen molar-refractivity contribution in [3.8, 4) is 0 Å². The van der Waals surface area contributed by atoms with E-state index in [0.717, 1.165) is 24.4 Å². The van der Waals surface area contributed by atoms with Crippen LogP contribution in [0.5, 0.6) is 0 Å². The molecule has 1 fully saturated rings. The highest BCUT2D eigenvalue weighted by Gasteiger charge is 2.25. The van der Waals surface area contributed by atoms with Gasteiger partial charge in [0.05, 0.1) is 23.8 Å². The van der Waals surface area contributed by atoms with E-state index in [1.165, 1.54) is 12.8 Å². The molecule has 1 saturated heterocycles. The second kappa shape index (κ2) is 13.1. The van der Waals surface area contributed by atoms with E-state index in [1.54, 1.807) is 13.3 Å². The van der Waals surface area contributed by atoms with E-state index < -0.39 is 9.84 Å². The molecule has 1 aromatic heterocycles. The van der Waals surface area contributed by atoms with E-state index >= 15 is 0 Å². The molecule has 1 aliphatic heterocycles. The van der Waals surface area contributed by atoms with Crippen molar-refractivity contribution < 1.29 is 12.8 Å². The average molecular weight is 561 g/mol. The predicted octanol–water partition coefficient (Wildman–Crippen LogP) is 3.20. The van der Waals surface area contributed by atoms with Crippen molar-refractivity contribution in [2.45, 2.75) is 31.1 Å². The summed E-state index contributed by atoms with van der Waals surface area (Å²) in [5.74, 6) is 1.86.